The van der Waals surface area contributed by atoms with Gasteiger partial charge in [0.15, 0.2) is 0 Å². The Kier molecular flexibility index (Phi) is 8.29. The van der Waals surface area contributed by atoms with Gasteiger partial charge in [0, 0.05) is 11.7 Å². The van der Waals surface area contributed by atoms with Gasteiger partial charge in [0.25, 0.3) is 0 Å². The molecule has 0 aliphatic carbocycles. The summed E-state index contributed by atoms with van der Waals surface area (Å²) in [5.74, 6) is 0.0151. The Hall–Kier alpha value is -2.53. The Morgan fingerprint density at radius 2 is 1.18 bits per heavy atom. The summed E-state index contributed by atoms with van der Waals surface area (Å²) in [4.78, 5) is 0. The van der Waals surface area contributed by atoms with Gasteiger partial charge in [-0.2, -0.15) is 26.3 Å². The van der Waals surface area contributed by atoms with Crippen LogP contribution < -0.4 is 15.9 Å². The quantitative estimate of drug-likeness (QED) is 0.249. The van der Waals surface area contributed by atoms with Crippen LogP contribution in [0.25, 0.3) is 0 Å². The molecule has 0 aliphatic rings. The van der Waals surface area contributed by atoms with Crippen molar-refractivity contribution < 1.29 is 26.3 Å². The third-order valence-corrected chi connectivity index (χ3v) is 8.39. The standard InChI is InChI=1S/C26H26F6NP/c1-3-18(2)24(17-34(22-10-6-4-7-11-22)23-12-8-5-9-13-23)33-21-15-19(25(27,28)29)14-20(16-21)26(30,31)32/h4-16,18,24,33H,3,17H2,1-2H3/t18-,24+/m0/s1. The van der Waals surface area contributed by atoms with Gasteiger partial charge < -0.3 is 5.32 Å². The molecule has 0 bridgehead atoms. The Balaban J connectivity index is 2.01. The third-order valence-electron chi connectivity index (χ3n) is 5.79. The minimum Gasteiger partial charge on any atom is -0.382 e. The van der Waals surface area contributed by atoms with Crippen LogP contribution in [0.2, 0.25) is 0 Å². The highest BCUT2D eigenvalue weighted by Gasteiger charge is 2.37. The van der Waals surface area contributed by atoms with Gasteiger partial charge in [-0.25, -0.2) is 0 Å². The number of hydrogen-bond donors (Lipinski definition) is 1. The van der Waals surface area contributed by atoms with Crippen molar-refractivity contribution >= 4 is 24.2 Å². The lowest BCUT2D eigenvalue weighted by Gasteiger charge is -2.31. The lowest BCUT2D eigenvalue weighted by atomic mass is 9.99. The van der Waals surface area contributed by atoms with E-state index in [1.54, 1.807) is 0 Å². The molecule has 0 radical (unpaired) electrons. The second-order valence-electron chi connectivity index (χ2n) is 8.21. The minimum atomic E-state index is -4.88. The molecule has 0 heterocycles. The number of anilines is 1. The molecule has 0 amide bonds. The molecule has 1 N–H and O–H groups in total. The molecule has 0 spiro atoms. The summed E-state index contributed by atoms with van der Waals surface area (Å²) in [6, 6.07) is 20.9. The molecular weight excluding hydrogens is 471 g/mol. The first-order valence-corrected chi connectivity index (χ1v) is 12.5. The zero-order valence-electron chi connectivity index (χ0n) is 18.8. The first-order chi connectivity index (χ1) is 16.0. The van der Waals surface area contributed by atoms with Crippen LogP contribution >= 0.6 is 7.92 Å². The first-order valence-electron chi connectivity index (χ1n) is 10.9. The Morgan fingerprint density at radius 1 is 0.735 bits per heavy atom. The summed E-state index contributed by atoms with van der Waals surface area (Å²) in [6.45, 7) is 3.92. The fourth-order valence-electron chi connectivity index (χ4n) is 3.68. The SMILES string of the molecule is CC[C@H](C)[C@@H](CP(c1ccccc1)c1ccccc1)Nc1cc(C(F)(F)F)cc(C(F)(F)F)c1. The van der Waals surface area contributed by atoms with E-state index in [9.17, 15) is 26.3 Å². The van der Waals surface area contributed by atoms with Gasteiger partial charge in [-0.15, -0.1) is 0 Å². The van der Waals surface area contributed by atoms with Crippen molar-refractivity contribution in [3.63, 3.8) is 0 Å². The predicted molar refractivity (Wildman–Crippen MR) is 127 cm³/mol. The summed E-state index contributed by atoms with van der Waals surface area (Å²) in [7, 11) is -0.892. The van der Waals surface area contributed by atoms with Gasteiger partial charge in [0.1, 0.15) is 0 Å². The monoisotopic (exact) mass is 497 g/mol. The summed E-state index contributed by atoms with van der Waals surface area (Å²) in [5.41, 5.74) is -2.81. The number of benzene rings is 3. The highest BCUT2D eigenvalue weighted by atomic mass is 31.1. The molecular formula is C26H26F6NP. The van der Waals surface area contributed by atoms with E-state index in [0.717, 1.165) is 29.2 Å². The van der Waals surface area contributed by atoms with E-state index in [1.807, 2.05) is 74.5 Å². The highest BCUT2D eigenvalue weighted by molar-refractivity contribution is 7.73. The Labute approximate surface area is 197 Å². The zero-order valence-corrected chi connectivity index (χ0v) is 19.7. The molecule has 3 rings (SSSR count). The van der Waals surface area contributed by atoms with Crippen LogP contribution in [0, 0.1) is 5.92 Å². The Bertz CT molecular complexity index is 979. The van der Waals surface area contributed by atoms with Gasteiger partial charge in [-0.1, -0.05) is 80.9 Å². The fourth-order valence-corrected chi connectivity index (χ4v) is 6.31. The lowest BCUT2D eigenvalue weighted by molar-refractivity contribution is -0.143. The molecule has 1 nitrogen and oxygen atoms in total. The molecule has 182 valence electrons. The maximum atomic E-state index is 13.4. The second kappa shape index (κ2) is 10.8. The maximum Gasteiger partial charge on any atom is 0.416 e. The highest BCUT2D eigenvalue weighted by Crippen LogP contribution is 2.40. The number of rotatable bonds is 8. The second-order valence-corrected chi connectivity index (χ2v) is 10.5. The van der Waals surface area contributed by atoms with Crippen molar-refractivity contribution in [2.45, 2.75) is 38.7 Å². The largest absolute Gasteiger partial charge is 0.416 e. The topological polar surface area (TPSA) is 12.0 Å². The molecule has 0 unspecified atom stereocenters. The van der Waals surface area contributed by atoms with E-state index in [2.05, 4.69) is 5.32 Å². The minimum absolute atomic E-state index is 0.0151. The molecule has 0 saturated heterocycles. The van der Waals surface area contributed by atoms with E-state index < -0.39 is 31.4 Å². The Morgan fingerprint density at radius 3 is 1.56 bits per heavy atom. The zero-order chi connectivity index (χ0) is 24.9. The van der Waals surface area contributed by atoms with Crippen LogP contribution in [0.15, 0.2) is 78.9 Å². The van der Waals surface area contributed by atoms with Crippen molar-refractivity contribution in [2.75, 3.05) is 11.5 Å². The molecule has 34 heavy (non-hydrogen) atoms. The molecule has 0 aromatic heterocycles. The predicted octanol–water partition coefficient (Wildman–Crippen LogP) is 7.68. The summed E-state index contributed by atoms with van der Waals surface area (Å²) in [5, 5.41) is 5.23. The van der Waals surface area contributed by atoms with Gasteiger partial charge >= 0.3 is 12.4 Å². The number of halogens is 6. The maximum absolute atomic E-state index is 13.4. The van der Waals surface area contributed by atoms with Crippen LogP contribution in [-0.4, -0.2) is 12.2 Å². The molecule has 3 aromatic carbocycles. The average Bonchev–Trinajstić information content (AvgIpc) is 2.81. The van der Waals surface area contributed by atoms with Crippen LogP contribution in [0.1, 0.15) is 31.4 Å². The van der Waals surface area contributed by atoms with Crippen LogP contribution in [0.5, 0.6) is 0 Å². The molecule has 3 aromatic rings. The lowest BCUT2D eigenvalue weighted by Crippen LogP contribution is -2.33. The van der Waals surface area contributed by atoms with Crippen molar-refractivity contribution in [3.8, 4) is 0 Å². The number of nitrogens with one attached hydrogen (secondary N) is 1. The van der Waals surface area contributed by atoms with Gasteiger partial charge in [0.05, 0.1) is 11.1 Å². The molecule has 8 heteroatoms. The van der Waals surface area contributed by atoms with Gasteiger partial charge in [0.2, 0.25) is 0 Å². The summed E-state index contributed by atoms with van der Waals surface area (Å²) < 4.78 is 80.2. The average molecular weight is 497 g/mol. The van der Waals surface area contributed by atoms with Crippen molar-refractivity contribution in [2.24, 2.45) is 5.92 Å². The van der Waals surface area contributed by atoms with Crippen LogP contribution in [0.3, 0.4) is 0 Å². The van der Waals surface area contributed by atoms with E-state index in [1.165, 1.54) is 0 Å². The molecule has 2 atom stereocenters. The van der Waals surface area contributed by atoms with E-state index >= 15 is 0 Å². The summed E-state index contributed by atoms with van der Waals surface area (Å²) in [6.07, 6.45) is -8.49. The smallest absolute Gasteiger partial charge is 0.382 e. The van der Waals surface area contributed by atoms with E-state index in [-0.39, 0.29) is 23.7 Å². The number of alkyl halides is 6. The van der Waals surface area contributed by atoms with E-state index in [4.69, 9.17) is 0 Å². The normalized spacial score (nSPS) is 14.1. The van der Waals surface area contributed by atoms with Crippen molar-refractivity contribution in [1.82, 2.24) is 0 Å². The fraction of sp³-hybridized carbons (Fsp3) is 0.308. The third kappa shape index (κ3) is 6.75. The van der Waals surface area contributed by atoms with Crippen LogP contribution in [-0.2, 0) is 12.4 Å². The summed E-state index contributed by atoms with van der Waals surface area (Å²) >= 11 is 0. The van der Waals surface area contributed by atoms with Gasteiger partial charge in [-0.05, 0) is 48.8 Å². The molecule has 0 saturated carbocycles. The van der Waals surface area contributed by atoms with Gasteiger partial charge in [-0.3, -0.25) is 0 Å². The molecule has 0 aliphatic heterocycles. The number of hydrogen-bond acceptors (Lipinski definition) is 1. The first kappa shape index (κ1) is 26.1. The van der Waals surface area contributed by atoms with E-state index in [0.29, 0.717) is 6.16 Å². The van der Waals surface area contributed by atoms with Crippen LogP contribution in [0.4, 0.5) is 32.0 Å². The van der Waals surface area contributed by atoms with Crippen molar-refractivity contribution in [1.29, 1.82) is 0 Å². The molecule has 0 fully saturated rings. The van der Waals surface area contributed by atoms with Crippen molar-refractivity contribution in [3.05, 3.63) is 90.0 Å².